The molecule has 2 aromatic carbocycles. The lowest BCUT2D eigenvalue weighted by atomic mass is 10.1. The number of hydrogen-bond acceptors (Lipinski definition) is 7. The standard InChI is InChI=1S/C19H18BrN7O2/c1-11-6-8-12(9-7-11)18(28)26-24-16-15(21)17(23-10-22-16)25-27-19(29)13-4-2-3-5-14(13)20/h2-10H,21H2,1H3,(H,26,28)(H,27,29)(H2,22,23,24,25). The highest BCUT2D eigenvalue weighted by atomic mass is 79.9. The molecule has 0 atom stereocenters. The number of carbonyl (C=O) groups is 2. The Kier molecular flexibility index (Phi) is 6.25. The third-order valence-electron chi connectivity index (χ3n) is 3.91. The van der Waals surface area contributed by atoms with E-state index in [9.17, 15) is 9.59 Å². The van der Waals surface area contributed by atoms with Gasteiger partial charge >= 0.3 is 0 Å². The summed E-state index contributed by atoms with van der Waals surface area (Å²) < 4.78 is 0.649. The average Bonchev–Trinajstić information content (AvgIpc) is 2.72. The van der Waals surface area contributed by atoms with Gasteiger partial charge in [-0.15, -0.1) is 0 Å². The van der Waals surface area contributed by atoms with E-state index in [0.29, 0.717) is 15.6 Å². The number of hydrogen-bond donors (Lipinski definition) is 5. The monoisotopic (exact) mass is 455 g/mol. The summed E-state index contributed by atoms with van der Waals surface area (Å²) in [6, 6.07) is 14.1. The fraction of sp³-hybridized carbons (Fsp3) is 0.0526. The molecule has 2 amide bonds. The summed E-state index contributed by atoms with van der Waals surface area (Å²) in [5, 5.41) is 0. The molecule has 10 heteroatoms. The molecule has 29 heavy (non-hydrogen) atoms. The Balaban J connectivity index is 1.63. The van der Waals surface area contributed by atoms with Gasteiger partial charge in [-0.2, -0.15) is 0 Å². The van der Waals surface area contributed by atoms with Gasteiger partial charge in [0.2, 0.25) is 0 Å². The number of anilines is 3. The van der Waals surface area contributed by atoms with Crippen LogP contribution in [0.4, 0.5) is 17.3 Å². The number of hydrazine groups is 2. The molecule has 6 N–H and O–H groups in total. The number of nitrogens with two attached hydrogens (primary N) is 1. The maximum Gasteiger partial charge on any atom is 0.270 e. The fourth-order valence-electron chi connectivity index (χ4n) is 2.32. The maximum atomic E-state index is 12.3. The minimum atomic E-state index is -0.377. The number of aromatic nitrogens is 2. The molecule has 1 heterocycles. The lowest BCUT2D eigenvalue weighted by molar-refractivity contribution is 0.0954. The molecular weight excluding hydrogens is 438 g/mol. The van der Waals surface area contributed by atoms with Crippen LogP contribution in [-0.2, 0) is 0 Å². The summed E-state index contributed by atoms with van der Waals surface area (Å²) in [6.07, 6.45) is 1.24. The van der Waals surface area contributed by atoms with Crippen LogP contribution in [0.2, 0.25) is 0 Å². The Morgan fingerprint density at radius 1 is 0.897 bits per heavy atom. The Morgan fingerprint density at radius 3 is 2.10 bits per heavy atom. The van der Waals surface area contributed by atoms with E-state index in [0.717, 1.165) is 5.56 Å². The molecule has 0 saturated carbocycles. The highest BCUT2D eigenvalue weighted by molar-refractivity contribution is 9.10. The smallest absolute Gasteiger partial charge is 0.270 e. The summed E-state index contributed by atoms with van der Waals surface area (Å²) in [7, 11) is 0. The molecule has 0 saturated heterocycles. The first-order chi connectivity index (χ1) is 14.0. The van der Waals surface area contributed by atoms with Crippen LogP contribution >= 0.6 is 15.9 Å². The third-order valence-corrected chi connectivity index (χ3v) is 4.60. The molecule has 0 radical (unpaired) electrons. The van der Waals surface area contributed by atoms with Crippen molar-refractivity contribution >= 4 is 45.1 Å². The van der Waals surface area contributed by atoms with Crippen molar-refractivity contribution in [3.8, 4) is 0 Å². The van der Waals surface area contributed by atoms with Crippen LogP contribution in [0.5, 0.6) is 0 Å². The Bertz CT molecular complexity index is 1040. The predicted molar refractivity (Wildman–Crippen MR) is 114 cm³/mol. The van der Waals surface area contributed by atoms with Gasteiger partial charge in [0, 0.05) is 10.0 Å². The van der Waals surface area contributed by atoms with Crippen LogP contribution < -0.4 is 27.4 Å². The van der Waals surface area contributed by atoms with Crippen molar-refractivity contribution in [1.82, 2.24) is 20.8 Å². The second-order valence-electron chi connectivity index (χ2n) is 5.99. The van der Waals surface area contributed by atoms with Crippen LogP contribution in [0, 0.1) is 6.92 Å². The number of amides is 2. The first-order valence-electron chi connectivity index (χ1n) is 8.50. The second-order valence-corrected chi connectivity index (χ2v) is 6.84. The number of aryl methyl sites for hydroxylation is 1. The fourth-order valence-corrected chi connectivity index (χ4v) is 2.78. The van der Waals surface area contributed by atoms with E-state index in [4.69, 9.17) is 5.73 Å². The van der Waals surface area contributed by atoms with Gasteiger partial charge in [0.25, 0.3) is 11.8 Å². The molecule has 148 valence electrons. The molecule has 0 aliphatic carbocycles. The zero-order chi connectivity index (χ0) is 20.8. The van der Waals surface area contributed by atoms with Gasteiger partial charge in [-0.1, -0.05) is 29.8 Å². The van der Waals surface area contributed by atoms with Crippen molar-refractivity contribution in [3.05, 3.63) is 76.0 Å². The predicted octanol–water partition coefficient (Wildman–Crippen LogP) is 2.64. The quantitative estimate of drug-likeness (QED) is 0.360. The number of nitrogen functional groups attached to an aromatic ring is 1. The number of halogens is 1. The molecule has 3 aromatic rings. The molecule has 0 bridgehead atoms. The highest BCUT2D eigenvalue weighted by Gasteiger charge is 2.13. The summed E-state index contributed by atoms with van der Waals surface area (Å²) in [6.45, 7) is 1.94. The van der Waals surface area contributed by atoms with Crippen molar-refractivity contribution in [1.29, 1.82) is 0 Å². The Labute approximate surface area is 175 Å². The van der Waals surface area contributed by atoms with E-state index in [-0.39, 0.29) is 29.1 Å². The van der Waals surface area contributed by atoms with Crippen LogP contribution in [0.3, 0.4) is 0 Å². The maximum absolute atomic E-state index is 12.3. The number of benzene rings is 2. The van der Waals surface area contributed by atoms with E-state index in [1.807, 2.05) is 19.1 Å². The van der Waals surface area contributed by atoms with Crippen molar-refractivity contribution in [2.45, 2.75) is 6.92 Å². The summed E-state index contributed by atoms with van der Waals surface area (Å²) >= 11 is 3.32. The summed E-state index contributed by atoms with van der Waals surface area (Å²) in [4.78, 5) is 32.5. The van der Waals surface area contributed by atoms with E-state index in [1.165, 1.54) is 6.33 Å². The minimum absolute atomic E-state index is 0.115. The molecule has 3 rings (SSSR count). The van der Waals surface area contributed by atoms with E-state index in [1.54, 1.807) is 36.4 Å². The van der Waals surface area contributed by atoms with Gasteiger partial charge in [0.05, 0.1) is 5.56 Å². The van der Waals surface area contributed by atoms with Crippen LogP contribution in [-0.4, -0.2) is 21.8 Å². The molecule has 1 aromatic heterocycles. The van der Waals surface area contributed by atoms with Gasteiger partial charge in [-0.25, -0.2) is 9.97 Å². The lowest BCUT2D eigenvalue weighted by Crippen LogP contribution is -2.32. The van der Waals surface area contributed by atoms with Crippen LogP contribution in [0.1, 0.15) is 26.3 Å². The topological polar surface area (TPSA) is 134 Å². The minimum Gasteiger partial charge on any atom is -0.393 e. The zero-order valence-corrected chi connectivity index (χ0v) is 16.9. The molecule has 9 nitrogen and oxygen atoms in total. The second kappa shape index (κ2) is 9.02. The zero-order valence-electron chi connectivity index (χ0n) is 15.4. The molecule has 0 spiro atoms. The van der Waals surface area contributed by atoms with Gasteiger partial charge < -0.3 is 5.73 Å². The van der Waals surface area contributed by atoms with Crippen molar-refractivity contribution < 1.29 is 9.59 Å². The number of nitrogens with zero attached hydrogens (tertiary/aromatic N) is 2. The summed E-state index contributed by atoms with van der Waals surface area (Å²) in [5.41, 5.74) is 18.5. The van der Waals surface area contributed by atoms with Crippen molar-refractivity contribution in [2.75, 3.05) is 16.6 Å². The third kappa shape index (κ3) is 4.99. The molecule has 0 fully saturated rings. The number of rotatable bonds is 6. The highest BCUT2D eigenvalue weighted by Crippen LogP contribution is 2.21. The SMILES string of the molecule is Cc1ccc(C(=O)NNc2ncnc(NNC(=O)c3ccccc3Br)c2N)cc1. The van der Waals surface area contributed by atoms with Crippen LogP contribution in [0.15, 0.2) is 59.3 Å². The van der Waals surface area contributed by atoms with Gasteiger partial charge in [-0.05, 0) is 47.1 Å². The average molecular weight is 456 g/mol. The molecular formula is C19H18BrN7O2. The van der Waals surface area contributed by atoms with Crippen molar-refractivity contribution in [2.24, 2.45) is 0 Å². The Hall–Kier alpha value is -3.66. The first kappa shape index (κ1) is 20.1. The number of nitrogens with one attached hydrogen (secondary N) is 4. The molecule has 0 aliphatic rings. The van der Waals surface area contributed by atoms with Gasteiger partial charge in [0.1, 0.15) is 12.0 Å². The van der Waals surface area contributed by atoms with E-state index < -0.39 is 0 Å². The van der Waals surface area contributed by atoms with E-state index in [2.05, 4.69) is 47.6 Å². The first-order valence-corrected chi connectivity index (χ1v) is 9.29. The lowest BCUT2D eigenvalue weighted by Gasteiger charge is -2.14. The summed E-state index contributed by atoms with van der Waals surface area (Å²) in [5.74, 6) is -0.372. The number of carbonyl (C=O) groups excluding carboxylic acids is 2. The van der Waals surface area contributed by atoms with Crippen molar-refractivity contribution in [3.63, 3.8) is 0 Å². The largest absolute Gasteiger partial charge is 0.393 e. The van der Waals surface area contributed by atoms with Gasteiger partial charge in [-0.3, -0.25) is 31.3 Å². The van der Waals surface area contributed by atoms with E-state index >= 15 is 0 Å². The molecule has 0 unspecified atom stereocenters. The Morgan fingerprint density at radius 2 is 1.48 bits per heavy atom. The molecule has 0 aliphatic heterocycles. The van der Waals surface area contributed by atoms with Gasteiger partial charge in [0.15, 0.2) is 11.6 Å². The normalized spacial score (nSPS) is 10.1. The van der Waals surface area contributed by atoms with Crippen LogP contribution in [0.25, 0.3) is 0 Å².